The van der Waals surface area contributed by atoms with E-state index in [1.165, 1.54) is 7.11 Å². The lowest BCUT2D eigenvalue weighted by atomic mass is 10.2. The number of carbonyl (C=O) groups excluding carboxylic acids is 2. The first kappa shape index (κ1) is 18.7. The first-order valence-corrected chi connectivity index (χ1v) is 9.16. The van der Waals surface area contributed by atoms with E-state index in [9.17, 15) is 9.59 Å². The van der Waals surface area contributed by atoms with Gasteiger partial charge in [-0.3, -0.25) is 4.90 Å². The topological polar surface area (TPSA) is 73.7 Å². The van der Waals surface area contributed by atoms with Crippen LogP contribution in [0.1, 0.15) is 49.9 Å². The summed E-state index contributed by atoms with van der Waals surface area (Å²) in [7, 11) is 1.35. The second kappa shape index (κ2) is 6.57. The molecule has 0 unspecified atom stereocenters. The number of amides is 1. The molecular weight excluding hydrogens is 402 g/mol. The van der Waals surface area contributed by atoms with Gasteiger partial charge in [-0.15, -0.1) is 0 Å². The van der Waals surface area contributed by atoms with Crippen molar-refractivity contribution in [3.63, 3.8) is 0 Å². The summed E-state index contributed by atoms with van der Waals surface area (Å²) < 4.78 is 13.1. The predicted molar refractivity (Wildman–Crippen MR) is 100 cm³/mol. The third-order valence-corrected chi connectivity index (χ3v) is 4.75. The molecule has 0 fully saturated rings. The Morgan fingerprint density at radius 1 is 1.31 bits per heavy atom. The number of halogens is 1. The number of nitrogens with zero attached hydrogens (tertiary/aromatic N) is 3. The van der Waals surface area contributed by atoms with Gasteiger partial charge in [-0.05, 0) is 55.8 Å². The molecule has 0 spiro atoms. The molecule has 1 aromatic heterocycles. The van der Waals surface area contributed by atoms with E-state index in [1.807, 2.05) is 27.7 Å². The summed E-state index contributed by atoms with van der Waals surface area (Å²) >= 11 is 3.54. The van der Waals surface area contributed by atoms with Crippen LogP contribution in [0.15, 0.2) is 16.6 Å². The van der Waals surface area contributed by atoms with Gasteiger partial charge in [0.2, 0.25) is 0 Å². The predicted octanol–water partition coefficient (Wildman–Crippen LogP) is 3.90. The molecule has 8 heteroatoms. The number of ether oxygens (including phenoxy) is 2. The van der Waals surface area contributed by atoms with Gasteiger partial charge >= 0.3 is 12.1 Å². The maximum absolute atomic E-state index is 12.4. The molecule has 1 atom stereocenters. The van der Waals surface area contributed by atoms with Gasteiger partial charge in [0.1, 0.15) is 11.4 Å². The number of aromatic nitrogens is 2. The minimum atomic E-state index is -0.545. The largest absolute Gasteiger partial charge is 0.465 e. The summed E-state index contributed by atoms with van der Waals surface area (Å²) in [5, 5.41) is 0. The standard InChI is InChI=1S/C18H22BrN3O4/c1-10-8-21(17(24)26-18(2,3)4)9-14-20-13-7-11(16(23)25-5)6-12(19)15(13)22(10)14/h6-7,10H,8-9H2,1-5H3/t10-/m1/s1. The zero-order valence-electron chi connectivity index (χ0n) is 15.5. The number of carbonyl (C=O) groups is 2. The Hall–Kier alpha value is -2.09. The van der Waals surface area contributed by atoms with Crippen LogP contribution in [0.3, 0.4) is 0 Å². The lowest BCUT2D eigenvalue weighted by molar-refractivity contribution is 0.0171. The van der Waals surface area contributed by atoms with E-state index in [0.717, 1.165) is 15.8 Å². The summed E-state index contributed by atoms with van der Waals surface area (Å²) in [6.45, 7) is 8.45. The quantitative estimate of drug-likeness (QED) is 0.650. The van der Waals surface area contributed by atoms with Gasteiger partial charge in [0.15, 0.2) is 0 Å². The van der Waals surface area contributed by atoms with Crippen LogP contribution in [0.5, 0.6) is 0 Å². The summed E-state index contributed by atoms with van der Waals surface area (Å²) in [6.07, 6.45) is -0.350. The lowest BCUT2D eigenvalue weighted by Crippen LogP contribution is -2.43. The van der Waals surface area contributed by atoms with Crippen molar-refractivity contribution in [2.24, 2.45) is 0 Å². The SMILES string of the molecule is COC(=O)c1cc(Br)c2c(c1)nc1n2[C@H](C)CN(C(=O)OC(C)(C)C)C1. The average Bonchev–Trinajstić information content (AvgIpc) is 2.91. The van der Waals surface area contributed by atoms with E-state index < -0.39 is 11.6 Å². The highest BCUT2D eigenvalue weighted by Gasteiger charge is 2.31. The number of methoxy groups -OCH3 is 1. The van der Waals surface area contributed by atoms with E-state index in [1.54, 1.807) is 17.0 Å². The minimum absolute atomic E-state index is 0.0246. The minimum Gasteiger partial charge on any atom is -0.465 e. The molecule has 0 aliphatic carbocycles. The molecule has 1 amide bonds. The fourth-order valence-corrected chi connectivity index (χ4v) is 3.79. The Labute approximate surface area is 160 Å². The molecule has 0 bridgehead atoms. The van der Waals surface area contributed by atoms with Gasteiger partial charge in [0.05, 0.1) is 36.3 Å². The van der Waals surface area contributed by atoms with Crippen molar-refractivity contribution in [3.05, 3.63) is 28.0 Å². The Morgan fingerprint density at radius 2 is 2.00 bits per heavy atom. The number of rotatable bonds is 1. The molecule has 140 valence electrons. The van der Waals surface area contributed by atoms with Crippen LogP contribution in [-0.2, 0) is 16.0 Å². The van der Waals surface area contributed by atoms with Crippen molar-refractivity contribution in [3.8, 4) is 0 Å². The Bertz CT molecular complexity index is 885. The summed E-state index contributed by atoms with van der Waals surface area (Å²) in [6, 6.07) is 3.47. The van der Waals surface area contributed by atoms with Gasteiger partial charge in [-0.2, -0.15) is 0 Å². The van der Waals surface area contributed by atoms with Crippen LogP contribution >= 0.6 is 15.9 Å². The van der Waals surface area contributed by atoms with Crippen molar-refractivity contribution in [1.29, 1.82) is 0 Å². The third-order valence-electron chi connectivity index (χ3n) is 4.14. The van der Waals surface area contributed by atoms with Crippen LogP contribution in [0.4, 0.5) is 4.79 Å². The number of fused-ring (bicyclic) bond motifs is 3. The van der Waals surface area contributed by atoms with E-state index in [0.29, 0.717) is 24.2 Å². The van der Waals surface area contributed by atoms with Crippen molar-refractivity contribution >= 4 is 39.0 Å². The van der Waals surface area contributed by atoms with Crippen molar-refractivity contribution in [2.45, 2.75) is 45.9 Å². The number of hydrogen-bond acceptors (Lipinski definition) is 5. The Balaban J connectivity index is 2.00. The number of esters is 1. The van der Waals surface area contributed by atoms with Gasteiger partial charge < -0.3 is 14.0 Å². The maximum Gasteiger partial charge on any atom is 0.410 e. The van der Waals surface area contributed by atoms with Gasteiger partial charge in [-0.25, -0.2) is 14.6 Å². The van der Waals surface area contributed by atoms with E-state index in [4.69, 9.17) is 9.47 Å². The molecule has 0 saturated carbocycles. The molecule has 2 aromatic rings. The fourth-order valence-electron chi connectivity index (χ4n) is 3.15. The summed E-state index contributed by atoms with van der Waals surface area (Å²) in [5.41, 5.74) is 1.48. The molecule has 1 aromatic carbocycles. The van der Waals surface area contributed by atoms with Crippen LogP contribution < -0.4 is 0 Å². The van der Waals surface area contributed by atoms with Crippen LogP contribution in [0.25, 0.3) is 11.0 Å². The van der Waals surface area contributed by atoms with Gasteiger partial charge in [0, 0.05) is 11.0 Å². The van der Waals surface area contributed by atoms with Crippen LogP contribution in [0.2, 0.25) is 0 Å². The van der Waals surface area contributed by atoms with Gasteiger partial charge in [0.25, 0.3) is 0 Å². The molecule has 0 saturated heterocycles. The maximum atomic E-state index is 12.4. The average molecular weight is 424 g/mol. The number of imidazole rings is 1. The van der Waals surface area contributed by atoms with E-state index in [2.05, 4.69) is 25.5 Å². The lowest BCUT2D eigenvalue weighted by Gasteiger charge is -2.34. The second-order valence-corrected chi connectivity index (χ2v) is 8.28. The highest BCUT2D eigenvalue weighted by molar-refractivity contribution is 9.10. The first-order chi connectivity index (χ1) is 12.1. The summed E-state index contributed by atoms with van der Waals surface area (Å²) in [5.74, 6) is 0.342. The van der Waals surface area contributed by atoms with Crippen molar-refractivity contribution in [2.75, 3.05) is 13.7 Å². The number of hydrogen-bond donors (Lipinski definition) is 0. The van der Waals surface area contributed by atoms with Crippen LogP contribution in [0, 0.1) is 0 Å². The molecule has 3 rings (SSSR count). The molecule has 0 N–H and O–H groups in total. The molecule has 26 heavy (non-hydrogen) atoms. The van der Waals surface area contributed by atoms with Crippen molar-refractivity contribution < 1.29 is 19.1 Å². The highest BCUT2D eigenvalue weighted by Crippen LogP contribution is 2.33. The second-order valence-electron chi connectivity index (χ2n) is 7.43. The molecule has 1 aliphatic heterocycles. The first-order valence-electron chi connectivity index (χ1n) is 8.37. The van der Waals surface area contributed by atoms with E-state index in [-0.39, 0.29) is 12.1 Å². The summed E-state index contributed by atoms with van der Waals surface area (Å²) in [4.78, 5) is 30.6. The zero-order valence-corrected chi connectivity index (χ0v) is 17.1. The monoisotopic (exact) mass is 423 g/mol. The third kappa shape index (κ3) is 3.42. The molecule has 2 heterocycles. The molecule has 0 radical (unpaired) electrons. The Morgan fingerprint density at radius 3 is 2.62 bits per heavy atom. The van der Waals surface area contributed by atoms with Crippen LogP contribution in [-0.4, -0.2) is 45.8 Å². The molecular formula is C18H22BrN3O4. The fraction of sp³-hybridized carbons (Fsp3) is 0.500. The highest BCUT2D eigenvalue weighted by atomic mass is 79.9. The molecule has 1 aliphatic rings. The van der Waals surface area contributed by atoms with Gasteiger partial charge in [-0.1, -0.05) is 0 Å². The number of benzene rings is 1. The molecule has 7 nitrogen and oxygen atoms in total. The normalized spacial score (nSPS) is 17.2. The Kier molecular flexibility index (Phi) is 4.72. The smallest absolute Gasteiger partial charge is 0.410 e. The van der Waals surface area contributed by atoms with Crippen molar-refractivity contribution in [1.82, 2.24) is 14.5 Å². The van der Waals surface area contributed by atoms with E-state index >= 15 is 0 Å². The zero-order chi connectivity index (χ0) is 19.2.